The van der Waals surface area contributed by atoms with E-state index in [1.165, 1.54) is 0 Å². The molecular weight excluding hydrogens is 340 g/mol. The molecular formula is C18H20N2O4S. The Kier molecular flexibility index (Phi) is 4.78. The van der Waals surface area contributed by atoms with Crippen LogP contribution < -0.4 is 10.0 Å². The second kappa shape index (κ2) is 6.85. The number of hydrogen-bond acceptors (Lipinski definition) is 5. The highest BCUT2D eigenvalue weighted by molar-refractivity contribution is 7.89. The molecule has 0 aliphatic carbocycles. The summed E-state index contributed by atoms with van der Waals surface area (Å²) in [6.07, 6.45) is -0.597. The average Bonchev–Trinajstić information content (AvgIpc) is 2.59. The Morgan fingerprint density at radius 1 is 1.12 bits per heavy atom. The lowest BCUT2D eigenvalue weighted by Crippen LogP contribution is -2.38. The molecule has 7 heteroatoms. The topological polar surface area (TPSA) is 84.5 Å². The van der Waals surface area contributed by atoms with Crippen molar-refractivity contribution in [2.75, 3.05) is 11.9 Å². The molecule has 1 aliphatic rings. The van der Waals surface area contributed by atoms with E-state index in [4.69, 9.17) is 4.74 Å². The molecule has 0 fully saturated rings. The van der Waals surface area contributed by atoms with Gasteiger partial charge in [-0.25, -0.2) is 13.2 Å². The fraction of sp³-hybridized carbons (Fsp3) is 0.278. The van der Waals surface area contributed by atoms with Crippen molar-refractivity contribution in [2.45, 2.75) is 24.9 Å². The van der Waals surface area contributed by atoms with Crippen LogP contribution in [0.25, 0.3) is 0 Å². The monoisotopic (exact) mass is 360 g/mol. The van der Waals surface area contributed by atoms with Gasteiger partial charge in [0.05, 0.1) is 17.9 Å². The molecule has 3 rings (SSSR count). The Morgan fingerprint density at radius 3 is 2.48 bits per heavy atom. The number of benzene rings is 2. The minimum atomic E-state index is -3.59. The molecule has 0 spiro atoms. The van der Waals surface area contributed by atoms with Crippen molar-refractivity contribution >= 4 is 21.7 Å². The third kappa shape index (κ3) is 3.83. The predicted molar refractivity (Wildman–Crippen MR) is 94.7 cm³/mol. The first kappa shape index (κ1) is 17.4. The summed E-state index contributed by atoms with van der Waals surface area (Å²) in [4.78, 5) is 12.2. The number of carbonyl (C=O) groups is 1. The van der Waals surface area contributed by atoms with Gasteiger partial charge in [-0.3, -0.25) is 0 Å². The van der Waals surface area contributed by atoms with Gasteiger partial charge >= 0.3 is 5.97 Å². The fourth-order valence-electron chi connectivity index (χ4n) is 2.51. The molecule has 0 aromatic heterocycles. The van der Waals surface area contributed by atoms with Crippen LogP contribution in [0, 0.1) is 5.92 Å². The number of nitrogens with one attached hydrogen (secondary N) is 2. The molecule has 0 amide bonds. The van der Waals surface area contributed by atoms with Crippen LogP contribution in [0.2, 0.25) is 0 Å². The number of carbonyl (C=O) groups excluding carboxylic acids is 1. The highest BCUT2D eigenvalue weighted by Crippen LogP contribution is 2.30. The molecule has 132 valence electrons. The van der Waals surface area contributed by atoms with Crippen LogP contribution >= 0.6 is 0 Å². The molecule has 6 nitrogen and oxygen atoms in total. The van der Waals surface area contributed by atoms with Crippen molar-refractivity contribution in [3.63, 3.8) is 0 Å². The smallest absolute Gasteiger partial charge is 0.338 e. The summed E-state index contributed by atoms with van der Waals surface area (Å²) >= 11 is 0. The number of esters is 1. The Morgan fingerprint density at radius 2 is 1.80 bits per heavy atom. The van der Waals surface area contributed by atoms with Gasteiger partial charge in [-0.2, -0.15) is 4.72 Å². The van der Waals surface area contributed by atoms with E-state index in [9.17, 15) is 13.2 Å². The number of hydrogen-bond donors (Lipinski definition) is 2. The zero-order valence-electron chi connectivity index (χ0n) is 14.0. The van der Waals surface area contributed by atoms with Crippen LogP contribution in [0.4, 0.5) is 5.69 Å². The van der Waals surface area contributed by atoms with Gasteiger partial charge in [-0.05, 0) is 35.7 Å². The van der Waals surface area contributed by atoms with Gasteiger partial charge in [0.2, 0.25) is 10.0 Å². The summed E-state index contributed by atoms with van der Waals surface area (Å²) < 4.78 is 32.5. The van der Waals surface area contributed by atoms with E-state index in [1.54, 1.807) is 48.5 Å². The summed E-state index contributed by atoms with van der Waals surface area (Å²) in [5.41, 5.74) is 1.69. The molecule has 0 saturated carbocycles. The first-order valence-electron chi connectivity index (χ1n) is 8.02. The van der Waals surface area contributed by atoms with E-state index in [2.05, 4.69) is 10.0 Å². The van der Waals surface area contributed by atoms with Gasteiger partial charge in [-0.1, -0.05) is 38.1 Å². The average molecular weight is 360 g/mol. The van der Waals surface area contributed by atoms with Crippen molar-refractivity contribution in [3.05, 3.63) is 59.7 Å². The molecule has 2 aromatic rings. The molecule has 0 saturated heterocycles. The van der Waals surface area contributed by atoms with E-state index in [-0.39, 0.29) is 16.8 Å². The van der Waals surface area contributed by atoms with Crippen molar-refractivity contribution in [2.24, 2.45) is 5.92 Å². The first-order chi connectivity index (χ1) is 11.9. The molecule has 1 heterocycles. The van der Waals surface area contributed by atoms with E-state index in [0.717, 1.165) is 0 Å². The summed E-state index contributed by atoms with van der Waals surface area (Å²) in [5, 5.41) is 3.15. The van der Waals surface area contributed by atoms with Gasteiger partial charge in [0.25, 0.3) is 0 Å². The maximum absolute atomic E-state index is 12.4. The van der Waals surface area contributed by atoms with Crippen LogP contribution in [0.1, 0.15) is 35.9 Å². The first-order valence-corrected chi connectivity index (χ1v) is 9.50. The molecule has 0 radical (unpaired) electrons. The summed E-state index contributed by atoms with van der Waals surface area (Å²) in [6.45, 7) is 4.30. The van der Waals surface area contributed by atoms with E-state index in [1.807, 2.05) is 13.8 Å². The number of fused-ring (bicyclic) bond motifs is 1. The third-order valence-corrected chi connectivity index (χ3v) is 5.26. The Bertz CT molecular complexity index is 876. The molecule has 2 N–H and O–H groups in total. The van der Waals surface area contributed by atoms with Crippen LogP contribution in [0.5, 0.6) is 0 Å². The molecule has 25 heavy (non-hydrogen) atoms. The van der Waals surface area contributed by atoms with Gasteiger partial charge in [0.1, 0.15) is 11.1 Å². The van der Waals surface area contributed by atoms with Crippen molar-refractivity contribution < 1.29 is 17.9 Å². The van der Waals surface area contributed by atoms with Gasteiger partial charge < -0.3 is 10.1 Å². The van der Waals surface area contributed by atoms with Crippen LogP contribution in [-0.2, 0) is 14.8 Å². The van der Waals surface area contributed by atoms with Crippen LogP contribution in [0.3, 0.4) is 0 Å². The maximum atomic E-state index is 12.4. The van der Waals surface area contributed by atoms with Crippen LogP contribution in [-0.4, -0.2) is 21.0 Å². The zero-order valence-corrected chi connectivity index (χ0v) is 14.8. The molecule has 2 aromatic carbocycles. The van der Waals surface area contributed by atoms with Crippen molar-refractivity contribution in [1.29, 1.82) is 0 Å². The number of rotatable bonds is 4. The second-order valence-corrected chi connectivity index (χ2v) is 7.99. The molecule has 1 aliphatic heterocycles. The Balaban J connectivity index is 1.79. The quantitative estimate of drug-likeness (QED) is 0.819. The maximum Gasteiger partial charge on any atom is 0.338 e. The minimum Gasteiger partial charge on any atom is -0.462 e. The second-order valence-electron chi connectivity index (χ2n) is 6.31. The number of para-hydroxylation sites is 1. The standard InChI is InChI=1S/C18H20N2O4S/c1-12(2)11-24-18(21)14-9-7-13(8-10-14)17-19-15-5-3-4-6-16(15)25(22,23)20-17/h3-10,12,17,19-20H,11H2,1-2H3/t17-/m1/s1. The molecule has 1 atom stereocenters. The van der Waals surface area contributed by atoms with E-state index in [0.29, 0.717) is 23.4 Å². The number of ether oxygens (including phenoxy) is 1. The van der Waals surface area contributed by atoms with Crippen molar-refractivity contribution in [1.82, 2.24) is 4.72 Å². The van der Waals surface area contributed by atoms with E-state index >= 15 is 0 Å². The number of anilines is 1. The lowest BCUT2D eigenvalue weighted by atomic mass is 10.1. The predicted octanol–water partition coefficient (Wildman–Crippen LogP) is 2.90. The van der Waals surface area contributed by atoms with Gasteiger partial charge in [0.15, 0.2) is 0 Å². The van der Waals surface area contributed by atoms with E-state index < -0.39 is 16.2 Å². The lowest BCUT2D eigenvalue weighted by Gasteiger charge is -2.28. The largest absolute Gasteiger partial charge is 0.462 e. The van der Waals surface area contributed by atoms with Crippen molar-refractivity contribution in [3.8, 4) is 0 Å². The SMILES string of the molecule is CC(C)COC(=O)c1ccc([C@@H]2Nc3ccccc3S(=O)(=O)N2)cc1. The third-order valence-electron chi connectivity index (χ3n) is 3.78. The normalized spacial score (nSPS) is 18.3. The highest BCUT2D eigenvalue weighted by Gasteiger charge is 2.29. The van der Waals surface area contributed by atoms with Crippen LogP contribution in [0.15, 0.2) is 53.4 Å². The van der Waals surface area contributed by atoms with Gasteiger partial charge in [-0.15, -0.1) is 0 Å². The lowest BCUT2D eigenvalue weighted by molar-refractivity contribution is 0.0459. The number of sulfonamides is 1. The highest BCUT2D eigenvalue weighted by atomic mass is 32.2. The van der Waals surface area contributed by atoms with Gasteiger partial charge in [0, 0.05) is 0 Å². The fourth-order valence-corrected chi connectivity index (χ4v) is 3.82. The summed E-state index contributed by atoms with van der Waals surface area (Å²) in [5.74, 6) is -0.119. The minimum absolute atomic E-state index is 0.222. The zero-order chi connectivity index (χ0) is 18.0. The molecule has 0 unspecified atom stereocenters. The Labute approximate surface area is 147 Å². The summed E-state index contributed by atoms with van der Waals surface area (Å²) in [7, 11) is -3.59. The summed E-state index contributed by atoms with van der Waals surface area (Å²) in [6, 6.07) is 13.4. The Hall–Kier alpha value is -2.38. The molecule has 0 bridgehead atoms.